The lowest BCUT2D eigenvalue weighted by Crippen LogP contribution is -1.91. The Labute approximate surface area is 131 Å². The van der Waals surface area contributed by atoms with Crippen molar-refractivity contribution >= 4 is 28.9 Å². The van der Waals surface area contributed by atoms with Gasteiger partial charge in [0.25, 0.3) is 0 Å². The van der Waals surface area contributed by atoms with Crippen LogP contribution in [-0.4, -0.2) is 15.2 Å². The largest absolute Gasteiger partial charge is 0.398 e. The molecule has 1 heterocycles. The SMILES string of the molecule is Nc1cc(-c2n[nH]c(Cc3ccc(Cl)cc3)n2)ccc1Cl. The summed E-state index contributed by atoms with van der Waals surface area (Å²) in [6, 6.07) is 13.0. The number of aromatic nitrogens is 3. The smallest absolute Gasteiger partial charge is 0.181 e. The molecule has 3 N–H and O–H groups in total. The van der Waals surface area contributed by atoms with Crippen molar-refractivity contribution in [1.29, 1.82) is 0 Å². The van der Waals surface area contributed by atoms with E-state index in [0.29, 0.717) is 28.0 Å². The predicted molar refractivity (Wildman–Crippen MR) is 85.5 cm³/mol. The Morgan fingerprint density at radius 3 is 2.52 bits per heavy atom. The fourth-order valence-corrected chi connectivity index (χ4v) is 2.23. The summed E-state index contributed by atoms with van der Waals surface area (Å²) in [6.45, 7) is 0. The number of nitrogen functional groups attached to an aromatic ring is 1. The van der Waals surface area contributed by atoms with E-state index in [1.54, 1.807) is 12.1 Å². The van der Waals surface area contributed by atoms with E-state index in [0.717, 1.165) is 17.0 Å². The van der Waals surface area contributed by atoms with Crippen LogP contribution in [-0.2, 0) is 6.42 Å². The number of nitrogens with zero attached hydrogens (tertiary/aromatic N) is 2. The van der Waals surface area contributed by atoms with E-state index in [-0.39, 0.29) is 0 Å². The molecule has 0 aliphatic heterocycles. The van der Waals surface area contributed by atoms with Gasteiger partial charge in [0, 0.05) is 17.0 Å². The van der Waals surface area contributed by atoms with E-state index in [1.165, 1.54) is 0 Å². The summed E-state index contributed by atoms with van der Waals surface area (Å²) in [4.78, 5) is 4.47. The number of benzene rings is 2. The van der Waals surface area contributed by atoms with Crippen LogP contribution in [0.15, 0.2) is 42.5 Å². The molecule has 0 saturated heterocycles. The van der Waals surface area contributed by atoms with Gasteiger partial charge in [-0.3, -0.25) is 5.10 Å². The second kappa shape index (κ2) is 5.76. The van der Waals surface area contributed by atoms with Crippen LogP contribution in [0.2, 0.25) is 10.0 Å². The van der Waals surface area contributed by atoms with Crippen LogP contribution in [0.3, 0.4) is 0 Å². The molecule has 3 rings (SSSR count). The van der Waals surface area contributed by atoms with Crippen molar-refractivity contribution in [3.63, 3.8) is 0 Å². The number of hydrogen-bond donors (Lipinski definition) is 2. The molecule has 0 fully saturated rings. The van der Waals surface area contributed by atoms with Crippen LogP contribution in [0.5, 0.6) is 0 Å². The highest BCUT2D eigenvalue weighted by Crippen LogP contribution is 2.24. The third-order valence-corrected chi connectivity index (χ3v) is 3.67. The van der Waals surface area contributed by atoms with Crippen molar-refractivity contribution in [2.75, 3.05) is 5.73 Å². The zero-order valence-corrected chi connectivity index (χ0v) is 12.5. The third-order valence-electron chi connectivity index (χ3n) is 3.07. The number of hydrogen-bond acceptors (Lipinski definition) is 3. The Morgan fingerprint density at radius 2 is 1.81 bits per heavy atom. The van der Waals surface area contributed by atoms with E-state index in [9.17, 15) is 0 Å². The van der Waals surface area contributed by atoms with Gasteiger partial charge < -0.3 is 5.73 Å². The molecule has 1 aromatic heterocycles. The number of halogens is 2. The Bertz CT molecular complexity index is 766. The summed E-state index contributed by atoms with van der Waals surface area (Å²) in [5.74, 6) is 1.38. The molecule has 0 aliphatic rings. The number of nitrogens with one attached hydrogen (secondary N) is 1. The molecule has 4 nitrogen and oxygen atoms in total. The van der Waals surface area contributed by atoms with E-state index in [4.69, 9.17) is 28.9 Å². The standard InChI is InChI=1S/C15H12Cl2N4/c16-11-4-1-9(2-5-11)7-14-19-15(21-20-14)10-3-6-12(17)13(18)8-10/h1-6,8H,7,18H2,(H,19,20,21). The van der Waals surface area contributed by atoms with Gasteiger partial charge in [0.1, 0.15) is 5.82 Å². The van der Waals surface area contributed by atoms with Crippen molar-refractivity contribution in [3.05, 3.63) is 63.9 Å². The number of rotatable bonds is 3. The molecule has 0 saturated carbocycles. The molecular weight excluding hydrogens is 307 g/mol. The first-order valence-corrected chi connectivity index (χ1v) is 7.08. The number of nitrogens with two attached hydrogens (primary N) is 1. The first-order valence-electron chi connectivity index (χ1n) is 6.33. The summed E-state index contributed by atoms with van der Waals surface area (Å²) >= 11 is 11.8. The van der Waals surface area contributed by atoms with Crippen molar-refractivity contribution in [1.82, 2.24) is 15.2 Å². The summed E-state index contributed by atoms with van der Waals surface area (Å²) < 4.78 is 0. The zero-order valence-electron chi connectivity index (χ0n) is 11.0. The lowest BCUT2D eigenvalue weighted by Gasteiger charge is -2.00. The molecule has 0 atom stereocenters. The lowest BCUT2D eigenvalue weighted by molar-refractivity contribution is 0.973. The first-order chi connectivity index (χ1) is 10.1. The quantitative estimate of drug-likeness (QED) is 0.718. The molecule has 0 aliphatic carbocycles. The molecule has 0 unspecified atom stereocenters. The lowest BCUT2D eigenvalue weighted by atomic mass is 10.1. The minimum Gasteiger partial charge on any atom is -0.398 e. The van der Waals surface area contributed by atoms with Crippen molar-refractivity contribution < 1.29 is 0 Å². The molecule has 0 radical (unpaired) electrons. The van der Waals surface area contributed by atoms with Gasteiger partial charge in [0.05, 0.1) is 10.7 Å². The van der Waals surface area contributed by atoms with E-state index in [2.05, 4.69) is 15.2 Å². The predicted octanol–water partition coefficient (Wildman–Crippen LogP) is 3.95. The van der Waals surface area contributed by atoms with Crippen LogP contribution in [0.1, 0.15) is 11.4 Å². The molecule has 0 spiro atoms. The topological polar surface area (TPSA) is 67.6 Å². The van der Waals surface area contributed by atoms with Gasteiger partial charge in [-0.1, -0.05) is 35.3 Å². The van der Waals surface area contributed by atoms with Gasteiger partial charge in [-0.2, -0.15) is 5.10 Å². The molecular formula is C15H12Cl2N4. The average Bonchev–Trinajstić information content (AvgIpc) is 2.93. The molecule has 2 aromatic carbocycles. The number of aromatic amines is 1. The highest BCUT2D eigenvalue weighted by Gasteiger charge is 2.08. The van der Waals surface area contributed by atoms with Gasteiger partial charge in [-0.15, -0.1) is 0 Å². The Balaban J connectivity index is 1.82. The van der Waals surface area contributed by atoms with Crippen molar-refractivity contribution in [2.24, 2.45) is 0 Å². The molecule has 3 aromatic rings. The maximum Gasteiger partial charge on any atom is 0.181 e. The maximum absolute atomic E-state index is 5.91. The van der Waals surface area contributed by atoms with Crippen LogP contribution in [0.25, 0.3) is 11.4 Å². The zero-order chi connectivity index (χ0) is 14.8. The van der Waals surface area contributed by atoms with Gasteiger partial charge in [0.2, 0.25) is 0 Å². The Kier molecular flexibility index (Phi) is 3.82. The van der Waals surface area contributed by atoms with Crippen LogP contribution in [0, 0.1) is 0 Å². The summed E-state index contributed by atoms with van der Waals surface area (Å²) in [6.07, 6.45) is 0.660. The van der Waals surface area contributed by atoms with Crippen LogP contribution >= 0.6 is 23.2 Å². The normalized spacial score (nSPS) is 10.8. The van der Waals surface area contributed by atoms with Crippen molar-refractivity contribution in [3.8, 4) is 11.4 Å². The first kappa shape index (κ1) is 13.9. The average molecular weight is 319 g/mol. The fourth-order valence-electron chi connectivity index (χ4n) is 1.98. The second-order valence-electron chi connectivity index (χ2n) is 4.65. The molecule has 0 bridgehead atoms. The summed E-state index contributed by atoms with van der Waals surface area (Å²) in [7, 11) is 0. The Morgan fingerprint density at radius 1 is 1.05 bits per heavy atom. The van der Waals surface area contributed by atoms with E-state index in [1.807, 2.05) is 30.3 Å². The molecule has 0 amide bonds. The highest BCUT2D eigenvalue weighted by atomic mass is 35.5. The number of anilines is 1. The minimum absolute atomic E-state index is 0.512. The van der Waals surface area contributed by atoms with Gasteiger partial charge in [0.15, 0.2) is 5.82 Å². The summed E-state index contributed by atoms with van der Waals surface area (Å²) in [5.41, 5.74) is 8.24. The highest BCUT2D eigenvalue weighted by molar-refractivity contribution is 6.33. The number of H-pyrrole nitrogens is 1. The van der Waals surface area contributed by atoms with E-state index < -0.39 is 0 Å². The van der Waals surface area contributed by atoms with E-state index >= 15 is 0 Å². The molecule has 21 heavy (non-hydrogen) atoms. The minimum atomic E-state index is 0.512. The monoisotopic (exact) mass is 318 g/mol. The van der Waals surface area contributed by atoms with Gasteiger partial charge in [-0.25, -0.2) is 4.98 Å². The second-order valence-corrected chi connectivity index (χ2v) is 5.49. The van der Waals surface area contributed by atoms with Crippen LogP contribution in [0.4, 0.5) is 5.69 Å². The van der Waals surface area contributed by atoms with Crippen LogP contribution < -0.4 is 5.73 Å². The fraction of sp³-hybridized carbons (Fsp3) is 0.0667. The van der Waals surface area contributed by atoms with Crippen molar-refractivity contribution in [2.45, 2.75) is 6.42 Å². The van der Waals surface area contributed by atoms with Gasteiger partial charge in [-0.05, 0) is 35.9 Å². The summed E-state index contributed by atoms with van der Waals surface area (Å²) in [5, 5.41) is 8.38. The maximum atomic E-state index is 5.91. The third kappa shape index (κ3) is 3.17. The Hall–Kier alpha value is -2.04. The molecule has 6 heteroatoms. The van der Waals surface area contributed by atoms with Gasteiger partial charge >= 0.3 is 0 Å². The molecule has 106 valence electrons.